The van der Waals surface area contributed by atoms with Gasteiger partial charge in [-0.3, -0.25) is 9.59 Å². The molecule has 1 aliphatic rings. The van der Waals surface area contributed by atoms with Gasteiger partial charge in [-0.15, -0.1) is 0 Å². The van der Waals surface area contributed by atoms with Crippen LogP contribution < -0.4 is 21.7 Å². The van der Waals surface area contributed by atoms with Crippen molar-refractivity contribution in [2.45, 2.75) is 32.4 Å². The topological polar surface area (TPSA) is 122 Å². The minimum absolute atomic E-state index is 0.0289. The molecule has 0 spiro atoms. The molecule has 0 radical (unpaired) electrons. The fourth-order valence-electron chi connectivity index (χ4n) is 3.86. The fourth-order valence-corrected chi connectivity index (χ4v) is 4.06. The van der Waals surface area contributed by atoms with E-state index in [1.165, 1.54) is 6.20 Å². The molecule has 1 saturated heterocycles. The van der Waals surface area contributed by atoms with Gasteiger partial charge >= 0.3 is 0 Å². The largest absolute Gasteiger partial charge is 0.382 e. The van der Waals surface area contributed by atoms with Gasteiger partial charge in [0, 0.05) is 35.3 Å². The molecule has 176 valence electrons. The van der Waals surface area contributed by atoms with Crippen LogP contribution in [-0.2, 0) is 6.54 Å². The molecule has 34 heavy (non-hydrogen) atoms. The van der Waals surface area contributed by atoms with Gasteiger partial charge in [0.2, 0.25) is 0 Å². The predicted molar refractivity (Wildman–Crippen MR) is 133 cm³/mol. The lowest BCUT2D eigenvalue weighted by Crippen LogP contribution is -2.46. The van der Waals surface area contributed by atoms with E-state index in [1.807, 2.05) is 31.2 Å². The lowest BCUT2D eigenvalue weighted by Gasteiger charge is -2.23. The molecule has 2 aromatic carbocycles. The molecule has 1 atom stereocenters. The second-order valence-electron chi connectivity index (χ2n) is 8.34. The van der Waals surface area contributed by atoms with E-state index in [0.29, 0.717) is 34.9 Å². The summed E-state index contributed by atoms with van der Waals surface area (Å²) in [4.78, 5) is 34.2. The van der Waals surface area contributed by atoms with Crippen LogP contribution in [0.2, 0.25) is 5.02 Å². The van der Waals surface area contributed by atoms with Crippen LogP contribution in [0.4, 0.5) is 5.82 Å². The molecule has 0 bridgehead atoms. The normalized spacial score (nSPS) is 15.5. The summed E-state index contributed by atoms with van der Waals surface area (Å²) in [5.74, 6) is -0.519. The SMILES string of the molecule is Cc1ccc(Cl)cc1CNC(=O)c1cccc(-c2cnc(N)c(C(=O)NC3CCCNC3)n2)c1. The number of carbonyl (C=O) groups excluding carboxylic acids is 2. The zero-order valence-electron chi connectivity index (χ0n) is 18.9. The molecule has 0 aliphatic carbocycles. The van der Waals surface area contributed by atoms with E-state index in [9.17, 15) is 9.59 Å². The fraction of sp³-hybridized carbons (Fsp3) is 0.280. The van der Waals surface area contributed by atoms with Crippen molar-refractivity contribution in [1.82, 2.24) is 25.9 Å². The van der Waals surface area contributed by atoms with Crippen molar-refractivity contribution in [2.24, 2.45) is 0 Å². The van der Waals surface area contributed by atoms with Crippen molar-refractivity contribution < 1.29 is 9.59 Å². The van der Waals surface area contributed by atoms with Gasteiger partial charge in [-0.05, 0) is 61.7 Å². The number of piperidine rings is 1. The highest BCUT2D eigenvalue weighted by atomic mass is 35.5. The van der Waals surface area contributed by atoms with E-state index in [2.05, 4.69) is 25.9 Å². The zero-order chi connectivity index (χ0) is 24.1. The van der Waals surface area contributed by atoms with E-state index in [-0.39, 0.29) is 29.4 Å². The molecule has 2 amide bonds. The van der Waals surface area contributed by atoms with E-state index in [0.717, 1.165) is 30.5 Å². The maximum atomic E-state index is 12.8. The van der Waals surface area contributed by atoms with Gasteiger partial charge in [-0.1, -0.05) is 29.8 Å². The molecular formula is C25H27ClN6O2. The highest BCUT2D eigenvalue weighted by Crippen LogP contribution is 2.21. The Morgan fingerprint density at radius 3 is 2.85 bits per heavy atom. The van der Waals surface area contributed by atoms with Crippen LogP contribution in [-0.4, -0.2) is 40.9 Å². The number of anilines is 1. The molecular weight excluding hydrogens is 452 g/mol. The number of nitrogens with zero attached hydrogens (tertiary/aromatic N) is 2. The van der Waals surface area contributed by atoms with Gasteiger partial charge in [-0.2, -0.15) is 0 Å². The van der Waals surface area contributed by atoms with Crippen LogP contribution in [0, 0.1) is 6.92 Å². The summed E-state index contributed by atoms with van der Waals surface area (Å²) in [7, 11) is 0. The third kappa shape index (κ3) is 5.70. The number of nitrogens with two attached hydrogens (primary N) is 1. The van der Waals surface area contributed by atoms with Crippen molar-refractivity contribution >= 4 is 29.2 Å². The number of hydrogen-bond acceptors (Lipinski definition) is 6. The number of rotatable bonds is 6. The van der Waals surface area contributed by atoms with Crippen molar-refractivity contribution in [2.75, 3.05) is 18.8 Å². The molecule has 0 saturated carbocycles. The first-order valence-corrected chi connectivity index (χ1v) is 11.6. The van der Waals surface area contributed by atoms with Crippen LogP contribution in [0.1, 0.15) is 44.8 Å². The summed E-state index contributed by atoms with van der Waals surface area (Å²) in [6.07, 6.45) is 3.40. The van der Waals surface area contributed by atoms with Gasteiger partial charge in [0.05, 0.1) is 11.9 Å². The molecule has 3 aromatic rings. The summed E-state index contributed by atoms with van der Waals surface area (Å²) < 4.78 is 0. The maximum absolute atomic E-state index is 12.8. The first-order valence-electron chi connectivity index (χ1n) is 11.2. The number of carbonyl (C=O) groups is 2. The number of hydrogen-bond donors (Lipinski definition) is 4. The second-order valence-corrected chi connectivity index (χ2v) is 8.78. The Morgan fingerprint density at radius 1 is 1.21 bits per heavy atom. The summed E-state index contributed by atoms with van der Waals surface area (Å²) in [6.45, 7) is 3.99. The lowest BCUT2D eigenvalue weighted by molar-refractivity contribution is 0.0923. The molecule has 1 unspecified atom stereocenters. The molecule has 5 N–H and O–H groups in total. The average molecular weight is 479 g/mol. The molecule has 1 fully saturated rings. The van der Waals surface area contributed by atoms with E-state index in [4.69, 9.17) is 17.3 Å². The Labute approximate surface area is 203 Å². The van der Waals surface area contributed by atoms with Crippen molar-refractivity contribution in [3.8, 4) is 11.3 Å². The Bertz CT molecular complexity index is 1210. The Morgan fingerprint density at radius 2 is 2.06 bits per heavy atom. The van der Waals surface area contributed by atoms with Crippen LogP contribution >= 0.6 is 11.6 Å². The minimum Gasteiger partial charge on any atom is -0.382 e. The highest BCUT2D eigenvalue weighted by molar-refractivity contribution is 6.30. The van der Waals surface area contributed by atoms with Crippen molar-refractivity contribution in [3.05, 3.63) is 76.1 Å². The Balaban J connectivity index is 1.49. The van der Waals surface area contributed by atoms with Crippen molar-refractivity contribution in [3.63, 3.8) is 0 Å². The number of aryl methyl sites for hydroxylation is 1. The van der Waals surface area contributed by atoms with Gasteiger partial charge < -0.3 is 21.7 Å². The van der Waals surface area contributed by atoms with Crippen LogP contribution in [0.15, 0.2) is 48.7 Å². The standard InChI is InChI=1S/C25H27ClN6O2/c1-15-7-8-19(26)11-18(15)12-30-24(33)17-5-2-4-16(10-17)21-14-29-23(27)22(32-21)25(34)31-20-6-3-9-28-13-20/h2,4-5,7-8,10-11,14,20,28H,3,6,9,12-13H2,1H3,(H2,27,29)(H,30,33)(H,31,34). The van der Waals surface area contributed by atoms with Crippen LogP contribution in [0.3, 0.4) is 0 Å². The molecule has 9 heteroatoms. The number of nitrogen functional groups attached to an aromatic ring is 1. The summed E-state index contributed by atoms with van der Waals surface area (Å²) in [6, 6.07) is 12.6. The zero-order valence-corrected chi connectivity index (χ0v) is 19.7. The Kier molecular flexibility index (Phi) is 7.40. The van der Waals surface area contributed by atoms with Crippen LogP contribution in [0.25, 0.3) is 11.3 Å². The number of halogens is 1. The monoisotopic (exact) mass is 478 g/mol. The molecule has 8 nitrogen and oxygen atoms in total. The maximum Gasteiger partial charge on any atom is 0.274 e. The summed E-state index contributed by atoms with van der Waals surface area (Å²) in [5, 5.41) is 9.77. The molecule has 1 aliphatic heterocycles. The number of amides is 2. The quantitative estimate of drug-likeness (QED) is 0.432. The summed E-state index contributed by atoms with van der Waals surface area (Å²) in [5.41, 5.74) is 9.61. The average Bonchev–Trinajstić information content (AvgIpc) is 2.85. The smallest absolute Gasteiger partial charge is 0.274 e. The van der Waals surface area contributed by atoms with E-state index in [1.54, 1.807) is 18.2 Å². The van der Waals surface area contributed by atoms with Gasteiger partial charge in [0.15, 0.2) is 11.5 Å². The third-order valence-electron chi connectivity index (χ3n) is 5.82. The molecule has 1 aromatic heterocycles. The predicted octanol–water partition coefficient (Wildman–Crippen LogP) is 3.10. The third-order valence-corrected chi connectivity index (χ3v) is 6.05. The lowest BCUT2D eigenvalue weighted by atomic mass is 10.1. The molecule has 4 rings (SSSR count). The van der Waals surface area contributed by atoms with E-state index < -0.39 is 0 Å². The van der Waals surface area contributed by atoms with Gasteiger partial charge in [0.25, 0.3) is 11.8 Å². The van der Waals surface area contributed by atoms with Gasteiger partial charge in [-0.25, -0.2) is 9.97 Å². The number of nitrogens with one attached hydrogen (secondary N) is 3. The molecule has 2 heterocycles. The highest BCUT2D eigenvalue weighted by Gasteiger charge is 2.20. The number of aromatic nitrogens is 2. The van der Waals surface area contributed by atoms with Gasteiger partial charge in [0.1, 0.15) is 0 Å². The van der Waals surface area contributed by atoms with Crippen LogP contribution in [0.5, 0.6) is 0 Å². The second kappa shape index (κ2) is 10.6. The first kappa shape index (κ1) is 23.7. The minimum atomic E-state index is -0.355. The Hall–Kier alpha value is -3.49. The number of benzene rings is 2. The van der Waals surface area contributed by atoms with E-state index >= 15 is 0 Å². The summed E-state index contributed by atoms with van der Waals surface area (Å²) >= 11 is 6.07. The first-order chi connectivity index (χ1) is 16.4. The van der Waals surface area contributed by atoms with Crippen molar-refractivity contribution in [1.29, 1.82) is 0 Å².